The maximum Gasteiger partial charge on any atom is 0.162 e. The zero-order valence-electron chi connectivity index (χ0n) is 12.2. The van der Waals surface area contributed by atoms with Crippen LogP contribution < -0.4 is 4.74 Å². The van der Waals surface area contributed by atoms with Gasteiger partial charge >= 0.3 is 0 Å². The molecular formula is C18H20O2. The second-order valence-corrected chi connectivity index (χ2v) is 5.02. The van der Waals surface area contributed by atoms with Crippen molar-refractivity contribution in [2.75, 3.05) is 0 Å². The molecule has 0 fully saturated rings. The molecule has 2 aromatic carbocycles. The first-order valence-electron chi connectivity index (χ1n) is 7.01. The lowest BCUT2D eigenvalue weighted by atomic mass is 10.00. The van der Waals surface area contributed by atoms with Crippen molar-refractivity contribution in [2.45, 2.75) is 33.3 Å². The van der Waals surface area contributed by atoms with Crippen molar-refractivity contribution in [1.29, 1.82) is 0 Å². The van der Waals surface area contributed by atoms with E-state index in [-0.39, 0.29) is 11.9 Å². The Labute approximate surface area is 120 Å². The highest BCUT2D eigenvalue weighted by Crippen LogP contribution is 2.31. The molecule has 0 amide bonds. The quantitative estimate of drug-likeness (QED) is 0.732. The fourth-order valence-electron chi connectivity index (χ4n) is 2.13. The highest BCUT2D eigenvalue weighted by molar-refractivity contribution is 5.97. The fraction of sp³-hybridized carbons (Fsp3) is 0.278. The summed E-state index contributed by atoms with van der Waals surface area (Å²) >= 11 is 0. The van der Waals surface area contributed by atoms with Gasteiger partial charge in [-0.3, -0.25) is 4.79 Å². The Morgan fingerprint density at radius 2 is 1.85 bits per heavy atom. The average Bonchev–Trinajstić information content (AvgIpc) is 2.46. The van der Waals surface area contributed by atoms with Gasteiger partial charge in [-0.25, -0.2) is 0 Å². The number of Topliss-reactive ketones (excluding diaryl/α,β-unsaturated/α-hetero) is 1. The van der Waals surface area contributed by atoms with E-state index in [4.69, 9.17) is 4.74 Å². The maximum atomic E-state index is 11.8. The monoisotopic (exact) mass is 268 g/mol. The van der Waals surface area contributed by atoms with Crippen LogP contribution in [0.5, 0.6) is 5.75 Å². The van der Waals surface area contributed by atoms with Gasteiger partial charge in [-0.2, -0.15) is 0 Å². The van der Waals surface area contributed by atoms with Crippen molar-refractivity contribution in [1.82, 2.24) is 0 Å². The van der Waals surface area contributed by atoms with Crippen LogP contribution in [0.25, 0.3) is 11.1 Å². The molecule has 0 aromatic heterocycles. The summed E-state index contributed by atoms with van der Waals surface area (Å²) in [6.07, 6.45) is 0.643. The normalized spacial score (nSPS) is 10.6. The summed E-state index contributed by atoms with van der Waals surface area (Å²) in [5, 5.41) is 0. The molecule has 0 N–H and O–H groups in total. The number of ether oxygens (including phenoxy) is 1. The van der Waals surface area contributed by atoms with E-state index in [9.17, 15) is 4.79 Å². The van der Waals surface area contributed by atoms with Crippen LogP contribution in [0.2, 0.25) is 0 Å². The Hall–Kier alpha value is -2.09. The molecule has 0 bridgehead atoms. The summed E-state index contributed by atoms with van der Waals surface area (Å²) in [5.74, 6) is 1.01. The summed E-state index contributed by atoms with van der Waals surface area (Å²) in [4.78, 5) is 11.8. The number of rotatable bonds is 5. The van der Waals surface area contributed by atoms with E-state index in [0.29, 0.717) is 6.42 Å². The minimum Gasteiger partial charge on any atom is -0.490 e. The first kappa shape index (κ1) is 14.3. The maximum absolute atomic E-state index is 11.8. The average molecular weight is 268 g/mol. The molecule has 0 aliphatic heterocycles. The van der Waals surface area contributed by atoms with Crippen LogP contribution in [0.4, 0.5) is 0 Å². The molecule has 20 heavy (non-hydrogen) atoms. The molecule has 0 unspecified atom stereocenters. The van der Waals surface area contributed by atoms with Crippen LogP contribution in [0.15, 0.2) is 48.5 Å². The van der Waals surface area contributed by atoms with E-state index in [0.717, 1.165) is 22.4 Å². The summed E-state index contributed by atoms with van der Waals surface area (Å²) < 4.78 is 5.84. The first-order valence-corrected chi connectivity index (χ1v) is 7.01. The zero-order chi connectivity index (χ0) is 14.5. The van der Waals surface area contributed by atoms with Crippen LogP contribution in [0.1, 0.15) is 37.6 Å². The van der Waals surface area contributed by atoms with Crippen LogP contribution >= 0.6 is 0 Å². The number of carbonyl (C=O) groups excluding carboxylic acids is 1. The van der Waals surface area contributed by atoms with Gasteiger partial charge < -0.3 is 4.74 Å². The predicted octanol–water partition coefficient (Wildman–Crippen LogP) is 4.73. The van der Waals surface area contributed by atoms with E-state index in [2.05, 4.69) is 0 Å². The summed E-state index contributed by atoms with van der Waals surface area (Å²) in [6, 6.07) is 15.7. The molecule has 0 saturated heterocycles. The molecule has 0 radical (unpaired) electrons. The number of hydrogen-bond donors (Lipinski definition) is 0. The van der Waals surface area contributed by atoms with Gasteiger partial charge in [-0.05, 0) is 31.5 Å². The van der Waals surface area contributed by atoms with Crippen LogP contribution in [0, 0.1) is 0 Å². The standard InChI is InChI=1S/C18H20O2/c1-4-17(19)15-9-7-8-14(12-15)16-10-5-6-11-18(16)20-13(2)3/h5-13H,4H2,1-3H3. The molecule has 0 heterocycles. The lowest BCUT2D eigenvalue weighted by Gasteiger charge is -2.14. The van der Waals surface area contributed by atoms with Gasteiger partial charge in [0.05, 0.1) is 6.10 Å². The molecule has 2 aromatic rings. The number of hydrogen-bond acceptors (Lipinski definition) is 2. The Bertz CT molecular complexity index is 600. The van der Waals surface area contributed by atoms with E-state index in [1.807, 2.05) is 69.3 Å². The van der Waals surface area contributed by atoms with Crippen molar-refractivity contribution in [3.63, 3.8) is 0 Å². The summed E-state index contributed by atoms with van der Waals surface area (Å²) in [5.41, 5.74) is 2.79. The van der Waals surface area contributed by atoms with E-state index in [1.165, 1.54) is 0 Å². The summed E-state index contributed by atoms with van der Waals surface area (Å²) in [6.45, 7) is 5.90. The molecule has 2 rings (SSSR count). The van der Waals surface area contributed by atoms with Gasteiger partial charge in [-0.15, -0.1) is 0 Å². The van der Waals surface area contributed by atoms with E-state index in [1.54, 1.807) is 0 Å². The predicted molar refractivity (Wildman–Crippen MR) is 82.3 cm³/mol. The Balaban J connectivity index is 2.43. The smallest absolute Gasteiger partial charge is 0.162 e. The summed E-state index contributed by atoms with van der Waals surface area (Å²) in [7, 11) is 0. The minimum atomic E-state index is 0.122. The third kappa shape index (κ3) is 3.27. The Morgan fingerprint density at radius 3 is 2.55 bits per heavy atom. The van der Waals surface area contributed by atoms with Gasteiger partial charge in [0.25, 0.3) is 0 Å². The lowest BCUT2D eigenvalue weighted by Crippen LogP contribution is -2.06. The van der Waals surface area contributed by atoms with Crippen molar-refractivity contribution in [3.05, 3.63) is 54.1 Å². The SMILES string of the molecule is CCC(=O)c1cccc(-c2ccccc2OC(C)C)c1. The molecular weight excluding hydrogens is 248 g/mol. The number of para-hydroxylation sites is 1. The molecule has 0 atom stereocenters. The Morgan fingerprint density at radius 1 is 1.10 bits per heavy atom. The minimum absolute atomic E-state index is 0.122. The number of benzene rings is 2. The fourth-order valence-corrected chi connectivity index (χ4v) is 2.13. The van der Waals surface area contributed by atoms with Gasteiger partial charge in [0.1, 0.15) is 5.75 Å². The molecule has 0 saturated carbocycles. The molecule has 2 nitrogen and oxygen atoms in total. The van der Waals surface area contributed by atoms with Crippen LogP contribution in [0.3, 0.4) is 0 Å². The number of carbonyl (C=O) groups is 1. The Kier molecular flexibility index (Phi) is 4.57. The third-order valence-corrected chi connectivity index (χ3v) is 3.07. The van der Waals surface area contributed by atoms with Crippen molar-refractivity contribution in [3.8, 4) is 16.9 Å². The van der Waals surface area contributed by atoms with Crippen molar-refractivity contribution >= 4 is 5.78 Å². The molecule has 0 aliphatic carbocycles. The second kappa shape index (κ2) is 6.38. The highest BCUT2D eigenvalue weighted by Gasteiger charge is 2.09. The van der Waals surface area contributed by atoms with Gasteiger partial charge in [0, 0.05) is 17.5 Å². The van der Waals surface area contributed by atoms with Gasteiger partial charge in [0.15, 0.2) is 5.78 Å². The van der Waals surface area contributed by atoms with E-state index >= 15 is 0 Å². The van der Waals surface area contributed by atoms with Crippen LogP contribution in [-0.2, 0) is 0 Å². The number of ketones is 1. The van der Waals surface area contributed by atoms with E-state index < -0.39 is 0 Å². The van der Waals surface area contributed by atoms with Gasteiger partial charge in [-0.1, -0.05) is 43.3 Å². The first-order chi connectivity index (χ1) is 9.61. The lowest BCUT2D eigenvalue weighted by molar-refractivity contribution is 0.0988. The second-order valence-electron chi connectivity index (χ2n) is 5.02. The van der Waals surface area contributed by atoms with Gasteiger partial charge in [0.2, 0.25) is 0 Å². The van der Waals surface area contributed by atoms with Crippen molar-refractivity contribution < 1.29 is 9.53 Å². The molecule has 0 spiro atoms. The molecule has 2 heteroatoms. The third-order valence-electron chi connectivity index (χ3n) is 3.07. The molecule has 0 aliphatic rings. The van der Waals surface area contributed by atoms with Crippen molar-refractivity contribution in [2.24, 2.45) is 0 Å². The molecule has 104 valence electrons. The zero-order valence-corrected chi connectivity index (χ0v) is 12.2. The largest absolute Gasteiger partial charge is 0.490 e. The highest BCUT2D eigenvalue weighted by atomic mass is 16.5. The van der Waals surface area contributed by atoms with Crippen LogP contribution in [-0.4, -0.2) is 11.9 Å². The topological polar surface area (TPSA) is 26.3 Å².